The van der Waals surface area contributed by atoms with Crippen molar-refractivity contribution in [3.8, 4) is 5.75 Å². The topological polar surface area (TPSA) is 76.7 Å². The van der Waals surface area contributed by atoms with Gasteiger partial charge >= 0.3 is 6.09 Å². The van der Waals surface area contributed by atoms with E-state index in [1.807, 2.05) is 24.3 Å². The van der Waals surface area contributed by atoms with Gasteiger partial charge in [-0.15, -0.1) is 0 Å². The first-order valence-corrected chi connectivity index (χ1v) is 7.37. The molecule has 0 bridgehead atoms. The van der Waals surface area contributed by atoms with Crippen LogP contribution in [0.3, 0.4) is 0 Å². The lowest BCUT2D eigenvalue weighted by atomic mass is 10.2. The van der Waals surface area contributed by atoms with E-state index in [4.69, 9.17) is 9.47 Å². The van der Waals surface area contributed by atoms with Crippen LogP contribution in [0, 0.1) is 0 Å². The molecule has 0 fully saturated rings. The zero-order chi connectivity index (χ0) is 17.3. The van der Waals surface area contributed by atoms with Crippen molar-refractivity contribution >= 4 is 18.1 Å². The number of hydrogen-bond donors (Lipinski definition) is 2. The van der Waals surface area contributed by atoms with E-state index in [9.17, 15) is 9.59 Å². The molecule has 0 aliphatic carbocycles. The Morgan fingerprint density at radius 2 is 1.70 bits per heavy atom. The number of alkyl carbamates (subject to hydrolysis) is 1. The number of hydrogen-bond acceptors (Lipinski definition) is 4. The van der Waals surface area contributed by atoms with E-state index in [-0.39, 0.29) is 5.91 Å². The van der Waals surface area contributed by atoms with Crippen molar-refractivity contribution < 1.29 is 19.1 Å². The number of methoxy groups -OCH3 is 1. The summed E-state index contributed by atoms with van der Waals surface area (Å²) in [5.41, 5.74) is 0.363. The number of ether oxygens (including phenoxy) is 2. The number of nitrogens with one attached hydrogen (secondary N) is 2. The van der Waals surface area contributed by atoms with E-state index in [0.29, 0.717) is 13.1 Å². The van der Waals surface area contributed by atoms with E-state index in [0.717, 1.165) is 11.3 Å². The Bertz CT molecular complexity index is 545. The molecule has 0 saturated carbocycles. The molecular weight excluding hydrogens is 296 g/mol. The second-order valence-electron chi connectivity index (χ2n) is 5.83. The van der Waals surface area contributed by atoms with Crippen molar-refractivity contribution in [2.45, 2.75) is 26.4 Å². The summed E-state index contributed by atoms with van der Waals surface area (Å²) in [6, 6.07) is 7.35. The standard InChI is InChI=1S/C17H24N2O4/c1-17(2,3)23-16(21)19-12-11-18-15(20)10-7-13-5-8-14(22-4)9-6-13/h5-10H,11-12H2,1-4H3,(H,18,20)(H,19,21). The molecule has 1 aromatic carbocycles. The van der Waals surface area contributed by atoms with Gasteiger partial charge in [0.25, 0.3) is 0 Å². The van der Waals surface area contributed by atoms with Gasteiger partial charge in [-0.25, -0.2) is 4.79 Å². The van der Waals surface area contributed by atoms with Crippen LogP contribution in [-0.2, 0) is 9.53 Å². The highest BCUT2D eigenvalue weighted by molar-refractivity contribution is 5.91. The van der Waals surface area contributed by atoms with Crippen LogP contribution in [0.15, 0.2) is 30.3 Å². The molecular formula is C17H24N2O4. The molecule has 2 amide bonds. The SMILES string of the molecule is COc1ccc(C=CC(=O)NCCNC(=O)OC(C)(C)C)cc1. The van der Waals surface area contributed by atoms with Crippen LogP contribution in [-0.4, -0.2) is 37.8 Å². The van der Waals surface area contributed by atoms with Gasteiger partial charge in [-0.3, -0.25) is 4.79 Å². The summed E-state index contributed by atoms with van der Waals surface area (Å²) in [7, 11) is 1.60. The molecule has 0 atom stereocenters. The Balaban J connectivity index is 2.26. The van der Waals surface area contributed by atoms with Crippen LogP contribution < -0.4 is 15.4 Å². The molecule has 0 aromatic heterocycles. The molecule has 6 nitrogen and oxygen atoms in total. The summed E-state index contributed by atoms with van der Waals surface area (Å²) in [4.78, 5) is 23.0. The van der Waals surface area contributed by atoms with Gasteiger partial charge in [0.2, 0.25) is 5.91 Å². The predicted molar refractivity (Wildman–Crippen MR) is 89.3 cm³/mol. The first kappa shape index (κ1) is 18.5. The molecule has 0 heterocycles. The zero-order valence-electron chi connectivity index (χ0n) is 14.0. The molecule has 6 heteroatoms. The first-order chi connectivity index (χ1) is 10.8. The number of carbonyl (C=O) groups is 2. The summed E-state index contributed by atoms with van der Waals surface area (Å²) >= 11 is 0. The highest BCUT2D eigenvalue weighted by Gasteiger charge is 2.15. The highest BCUT2D eigenvalue weighted by Crippen LogP contribution is 2.12. The van der Waals surface area contributed by atoms with E-state index in [1.165, 1.54) is 6.08 Å². The fourth-order valence-electron chi connectivity index (χ4n) is 1.61. The lowest BCUT2D eigenvalue weighted by Crippen LogP contribution is -2.37. The van der Waals surface area contributed by atoms with Crippen LogP contribution in [0.5, 0.6) is 5.75 Å². The van der Waals surface area contributed by atoms with Gasteiger partial charge in [-0.1, -0.05) is 12.1 Å². The fraction of sp³-hybridized carbons (Fsp3) is 0.412. The molecule has 0 aliphatic rings. The van der Waals surface area contributed by atoms with Crippen LogP contribution in [0.2, 0.25) is 0 Å². The molecule has 0 radical (unpaired) electrons. The van der Waals surface area contributed by atoms with Gasteiger partial charge in [0, 0.05) is 19.2 Å². The predicted octanol–water partition coefficient (Wildman–Crippen LogP) is 2.35. The first-order valence-electron chi connectivity index (χ1n) is 7.37. The molecule has 126 valence electrons. The van der Waals surface area contributed by atoms with Crippen LogP contribution >= 0.6 is 0 Å². The quantitative estimate of drug-likeness (QED) is 0.623. The van der Waals surface area contributed by atoms with Crippen LogP contribution in [0.1, 0.15) is 26.3 Å². The lowest BCUT2D eigenvalue weighted by Gasteiger charge is -2.19. The van der Waals surface area contributed by atoms with Crippen molar-refractivity contribution in [2.75, 3.05) is 20.2 Å². The Kier molecular flexibility index (Phi) is 7.12. The average molecular weight is 320 g/mol. The molecule has 0 aliphatic heterocycles. The largest absolute Gasteiger partial charge is 0.497 e. The molecule has 2 N–H and O–H groups in total. The Morgan fingerprint density at radius 3 is 2.26 bits per heavy atom. The van der Waals surface area contributed by atoms with E-state index in [1.54, 1.807) is 34.0 Å². The lowest BCUT2D eigenvalue weighted by molar-refractivity contribution is -0.116. The van der Waals surface area contributed by atoms with Gasteiger partial charge < -0.3 is 20.1 Å². The maximum Gasteiger partial charge on any atom is 0.407 e. The Labute approximate surface area is 136 Å². The minimum absolute atomic E-state index is 0.230. The van der Waals surface area contributed by atoms with Crippen LogP contribution in [0.25, 0.3) is 6.08 Å². The third-order valence-electron chi connectivity index (χ3n) is 2.64. The highest BCUT2D eigenvalue weighted by atomic mass is 16.6. The fourth-order valence-corrected chi connectivity index (χ4v) is 1.61. The van der Waals surface area contributed by atoms with Crippen LogP contribution in [0.4, 0.5) is 4.79 Å². The Morgan fingerprint density at radius 1 is 1.09 bits per heavy atom. The van der Waals surface area contributed by atoms with E-state index < -0.39 is 11.7 Å². The maximum absolute atomic E-state index is 11.6. The number of amides is 2. The van der Waals surface area contributed by atoms with Crippen molar-refractivity contribution in [3.63, 3.8) is 0 Å². The van der Waals surface area contributed by atoms with Gasteiger partial charge in [0.15, 0.2) is 0 Å². The monoisotopic (exact) mass is 320 g/mol. The number of rotatable bonds is 6. The van der Waals surface area contributed by atoms with Gasteiger partial charge in [-0.2, -0.15) is 0 Å². The molecule has 1 rings (SSSR count). The van der Waals surface area contributed by atoms with Crippen molar-refractivity contribution in [3.05, 3.63) is 35.9 Å². The molecule has 1 aromatic rings. The van der Waals surface area contributed by atoms with Gasteiger partial charge in [-0.05, 0) is 44.5 Å². The molecule has 23 heavy (non-hydrogen) atoms. The van der Waals surface area contributed by atoms with Crippen molar-refractivity contribution in [1.29, 1.82) is 0 Å². The minimum atomic E-state index is -0.533. The smallest absolute Gasteiger partial charge is 0.407 e. The summed E-state index contributed by atoms with van der Waals surface area (Å²) in [5.74, 6) is 0.534. The summed E-state index contributed by atoms with van der Waals surface area (Å²) in [5, 5.41) is 5.24. The number of benzene rings is 1. The van der Waals surface area contributed by atoms with Crippen molar-refractivity contribution in [2.24, 2.45) is 0 Å². The molecule has 0 unspecified atom stereocenters. The second kappa shape index (κ2) is 8.82. The third-order valence-corrected chi connectivity index (χ3v) is 2.64. The van der Waals surface area contributed by atoms with Gasteiger partial charge in [0.1, 0.15) is 11.4 Å². The van der Waals surface area contributed by atoms with E-state index >= 15 is 0 Å². The molecule has 0 saturated heterocycles. The summed E-state index contributed by atoms with van der Waals surface area (Å²) in [6.45, 7) is 6.00. The minimum Gasteiger partial charge on any atom is -0.497 e. The molecule has 0 spiro atoms. The number of carbonyl (C=O) groups excluding carboxylic acids is 2. The zero-order valence-corrected chi connectivity index (χ0v) is 14.0. The Hall–Kier alpha value is -2.50. The normalized spacial score (nSPS) is 11.1. The summed E-state index contributed by atoms with van der Waals surface area (Å²) < 4.78 is 10.1. The summed E-state index contributed by atoms with van der Waals surface area (Å²) in [6.07, 6.45) is 2.64. The van der Waals surface area contributed by atoms with E-state index in [2.05, 4.69) is 10.6 Å². The average Bonchev–Trinajstić information content (AvgIpc) is 2.48. The van der Waals surface area contributed by atoms with Gasteiger partial charge in [0.05, 0.1) is 7.11 Å². The third kappa shape index (κ3) is 8.50. The second-order valence-corrected chi connectivity index (χ2v) is 5.83. The van der Waals surface area contributed by atoms with Crippen molar-refractivity contribution in [1.82, 2.24) is 10.6 Å². The maximum atomic E-state index is 11.6.